The zero-order valence-electron chi connectivity index (χ0n) is 10.1. The Kier molecular flexibility index (Phi) is 2.95. The number of nitrogens with zero attached hydrogens (tertiary/aromatic N) is 5. The van der Waals surface area contributed by atoms with Crippen molar-refractivity contribution in [1.82, 2.24) is 19.7 Å². The van der Waals surface area contributed by atoms with Crippen molar-refractivity contribution >= 4 is 11.7 Å². The molecule has 2 aromatic rings. The van der Waals surface area contributed by atoms with Crippen molar-refractivity contribution in [3.8, 4) is 5.82 Å². The Labute approximate surface area is 106 Å². The smallest absolute Gasteiger partial charge is 0.363 e. The molecule has 0 radical (unpaired) electrons. The van der Waals surface area contributed by atoms with Crippen molar-refractivity contribution in [2.75, 3.05) is 0 Å². The zero-order valence-corrected chi connectivity index (χ0v) is 10.1. The van der Waals surface area contributed by atoms with Gasteiger partial charge in [0, 0.05) is 11.8 Å². The van der Waals surface area contributed by atoms with Crippen molar-refractivity contribution in [1.29, 1.82) is 0 Å². The van der Waals surface area contributed by atoms with E-state index in [-0.39, 0.29) is 5.82 Å². The first-order valence-corrected chi connectivity index (χ1v) is 5.18. The van der Waals surface area contributed by atoms with Crippen LogP contribution >= 0.6 is 0 Å². The van der Waals surface area contributed by atoms with E-state index in [0.29, 0.717) is 11.5 Å². The molecule has 9 nitrogen and oxygen atoms in total. The summed E-state index contributed by atoms with van der Waals surface area (Å²) < 4.78 is 1.06. The molecule has 2 heterocycles. The molecular weight excluding hydrogens is 254 g/mol. The van der Waals surface area contributed by atoms with Gasteiger partial charge in [-0.1, -0.05) is 0 Å². The predicted molar refractivity (Wildman–Crippen MR) is 62.2 cm³/mol. The second kappa shape index (κ2) is 4.44. The molecule has 19 heavy (non-hydrogen) atoms. The molecule has 98 valence electrons. The molecule has 0 aromatic carbocycles. The maximum atomic E-state index is 10.9. The fourth-order valence-electron chi connectivity index (χ4n) is 1.58. The van der Waals surface area contributed by atoms with E-state index < -0.39 is 22.3 Å². The average Bonchev–Trinajstić information content (AvgIpc) is 2.72. The number of nitro groups is 1. The number of carboxylic acids is 1. The third-order valence-electron chi connectivity index (χ3n) is 2.28. The van der Waals surface area contributed by atoms with E-state index in [9.17, 15) is 14.9 Å². The van der Waals surface area contributed by atoms with Gasteiger partial charge in [0.05, 0.1) is 4.92 Å². The van der Waals surface area contributed by atoms with Crippen molar-refractivity contribution in [2.45, 2.75) is 13.8 Å². The van der Waals surface area contributed by atoms with Gasteiger partial charge in [-0.25, -0.2) is 19.4 Å². The predicted octanol–water partition coefficient (Wildman–Crippen LogP) is 0.886. The van der Waals surface area contributed by atoms with Gasteiger partial charge in [-0.05, 0) is 13.8 Å². The van der Waals surface area contributed by atoms with Crippen LogP contribution in [-0.4, -0.2) is 35.7 Å². The first-order valence-electron chi connectivity index (χ1n) is 5.18. The third-order valence-corrected chi connectivity index (χ3v) is 2.28. The van der Waals surface area contributed by atoms with E-state index >= 15 is 0 Å². The Hall–Kier alpha value is -2.84. The number of hydrogen-bond acceptors (Lipinski definition) is 6. The summed E-state index contributed by atoms with van der Waals surface area (Å²) in [4.78, 5) is 29.0. The van der Waals surface area contributed by atoms with Crippen LogP contribution in [0.3, 0.4) is 0 Å². The van der Waals surface area contributed by atoms with E-state index in [2.05, 4.69) is 15.1 Å². The van der Waals surface area contributed by atoms with Crippen molar-refractivity contribution < 1.29 is 14.8 Å². The molecule has 0 saturated heterocycles. The highest BCUT2D eigenvalue weighted by molar-refractivity contribution is 5.89. The molecule has 0 bridgehead atoms. The Morgan fingerprint density at radius 1 is 1.42 bits per heavy atom. The highest BCUT2D eigenvalue weighted by Crippen LogP contribution is 2.19. The molecule has 0 aliphatic rings. The van der Waals surface area contributed by atoms with Crippen LogP contribution in [0.15, 0.2) is 12.3 Å². The summed E-state index contributed by atoms with van der Waals surface area (Å²) in [5, 5.41) is 23.3. The van der Waals surface area contributed by atoms with Gasteiger partial charge in [0.2, 0.25) is 5.69 Å². The first-order chi connectivity index (χ1) is 8.88. The van der Waals surface area contributed by atoms with Gasteiger partial charge in [-0.3, -0.25) is 10.1 Å². The highest BCUT2D eigenvalue weighted by atomic mass is 16.6. The lowest BCUT2D eigenvalue weighted by Gasteiger charge is -2.01. The monoisotopic (exact) mass is 263 g/mol. The molecule has 0 atom stereocenters. The van der Waals surface area contributed by atoms with E-state index in [1.165, 1.54) is 0 Å². The topological polar surface area (TPSA) is 124 Å². The molecule has 0 aliphatic carbocycles. The van der Waals surface area contributed by atoms with Crippen LogP contribution in [0.4, 0.5) is 5.69 Å². The van der Waals surface area contributed by atoms with Crippen LogP contribution in [0.2, 0.25) is 0 Å². The Balaban J connectivity index is 2.60. The summed E-state index contributed by atoms with van der Waals surface area (Å²) in [6.07, 6.45) is 1.02. The molecule has 0 saturated carbocycles. The molecule has 0 aliphatic heterocycles. The largest absolute Gasteiger partial charge is 0.476 e. The van der Waals surface area contributed by atoms with Crippen LogP contribution in [-0.2, 0) is 0 Å². The number of aromatic nitrogens is 4. The van der Waals surface area contributed by atoms with Crippen LogP contribution in [0.25, 0.3) is 5.82 Å². The molecule has 0 spiro atoms. The van der Waals surface area contributed by atoms with Crippen molar-refractivity contribution in [3.63, 3.8) is 0 Å². The molecule has 0 amide bonds. The van der Waals surface area contributed by atoms with Crippen LogP contribution in [0, 0.1) is 24.0 Å². The summed E-state index contributed by atoms with van der Waals surface area (Å²) in [6, 6.07) is 1.55. The number of rotatable bonds is 3. The minimum atomic E-state index is -1.46. The SMILES string of the molecule is Cc1cc(-n2cc([N+](=O)[O-])c(C(=O)O)n2)nc(C)n1. The molecule has 9 heteroatoms. The van der Waals surface area contributed by atoms with Gasteiger partial charge in [0.25, 0.3) is 0 Å². The lowest BCUT2D eigenvalue weighted by atomic mass is 10.4. The fourth-order valence-corrected chi connectivity index (χ4v) is 1.58. The first kappa shape index (κ1) is 12.6. The highest BCUT2D eigenvalue weighted by Gasteiger charge is 2.26. The average molecular weight is 263 g/mol. The summed E-state index contributed by atoms with van der Waals surface area (Å²) in [5.74, 6) is -0.724. The third kappa shape index (κ3) is 2.39. The molecule has 0 fully saturated rings. The normalized spacial score (nSPS) is 10.4. The Morgan fingerprint density at radius 2 is 2.11 bits per heavy atom. The molecular formula is C10H9N5O4. The maximum absolute atomic E-state index is 10.9. The van der Waals surface area contributed by atoms with Crippen LogP contribution in [0.1, 0.15) is 22.0 Å². The van der Waals surface area contributed by atoms with Crippen LogP contribution in [0.5, 0.6) is 0 Å². The fraction of sp³-hybridized carbons (Fsp3) is 0.200. The number of hydrogen-bond donors (Lipinski definition) is 1. The number of carboxylic acid groups (broad SMARTS) is 1. The lowest BCUT2D eigenvalue weighted by Crippen LogP contribution is -2.05. The lowest BCUT2D eigenvalue weighted by molar-refractivity contribution is -0.385. The minimum Gasteiger partial charge on any atom is -0.476 e. The molecule has 2 rings (SSSR count). The number of aryl methyl sites for hydroxylation is 2. The second-order valence-electron chi connectivity index (χ2n) is 3.78. The van der Waals surface area contributed by atoms with Gasteiger partial charge < -0.3 is 5.11 Å². The Bertz CT molecular complexity index is 627. The number of carbonyl (C=O) groups is 1. The summed E-state index contributed by atoms with van der Waals surface area (Å²) >= 11 is 0. The summed E-state index contributed by atoms with van der Waals surface area (Å²) in [6.45, 7) is 3.39. The van der Waals surface area contributed by atoms with E-state index in [1.54, 1.807) is 19.9 Å². The van der Waals surface area contributed by atoms with Crippen LogP contribution < -0.4 is 0 Å². The standard InChI is InChI=1S/C10H9N5O4/c1-5-3-8(12-6(2)11-5)14-4-7(15(18)19)9(13-14)10(16)17/h3-4H,1-2H3,(H,16,17). The minimum absolute atomic E-state index is 0.278. The maximum Gasteiger partial charge on any atom is 0.363 e. The molecule has 0 unspecified atom stereocenters. The number of aromatic carboxylic acids is 1. The quantitative estimate of drug-likeness (QED) is 0.643. The van der Waals surface area contributed by atoms with E-state index in [0.717, 1.165) is 10.9 Å². The summed E-state index contributed by atoms with van der Waals surface area (Å²) in [7, 11) is 0. The zero-order chi connectivity index (χ0) is 14.2. The van der Waals surface area contributed by atoms with Crippen molar-refractivity contribution in [2.24, 2.45) is 0 Å². The van der Waals surface area contributed by atoms with E-state index in [1.807, 2.05) is 0 Å². The molecule has 1 N–H and O–H groups in total. The van der Waals surface area contributed by atoms with Gasteiger partial charge in [0.1, 0.15) is 12.0 Å². The second-order valence-corrected chi connectivity index (χ2v) is 3.78. The van der Waals surface area contributed by atoms with Gasteiger partial charge in [-0.2, -0.15) is 5.10 Å². The van der Waals surface area contributed by atoms with Gasteiger partial charge in [0.15, 0.2) is 5.82 Å². The molecule has 2 aromatic heterocycles. The van der Waals surface area contributed by atoms with Gasteiger partial charge >= 0.3 is 11.7 Å². The Morgan fingerprint density at radius 3 is 2.58 bits per heavy atom. The van der Waals surface area contributed by atoms with Crippen molar-refractivity contribution in [3.05, 3.63) is 39.6 Å². The van der Waals surface area contributed by atoms with Gasteiger partial charge in [-0.15, -0.1) is 0 Å². The summed E-state index contributed by atoms with van der Waals surface area (Å²) in [5.41, 5.74) is -0.558. The van der Waals surface area contributed by atoms with E-state index in [4.69, 9.17) is 5.11 Å².